The molecule has 0 aromatic heterocycles. The minimum Gasteiger partial charge on any atom is -0.368 e. The largest absolute Gasteiger partial charge is 0.368 e. The van der Waals surface area contributed by atoms with E-state index in [0.717, 1.165) is 0 Å². The van der Waals surface area contributed by atoms with Crippen LogP contribution in [-0.2, 0) is 4.74 Å². The van der Waals surface area contributed by atoms with Crippen LogP contribution in [0.4, 0.5) is 0 Å². The lowest BCUT2D eigenvalue weighted by molar-refractivity contribution is -0.0906. The van der Waals surface area contributed by atoms with E-state index in [1.807, 2.05) is 0 Å². The molecule has 0 spiro atoms. The lowest BCUT2D eigenvalue weighted by Gasteiger charge is -2.07. The van der Waals surface area contributed by atoms with Crippen molar-refractivity contribution in [2.24, 2.45) is 0 Å². The van der Waals surface area contributed by atoms with Crippen molar-refractivity contribution < 1.29 is 9.84 Å². The Morgan fingerprint density at radius 1 is 1.57 bits per heavy atom. The van der Waals surface area contributed by atoms with E-state index in [1.54, 1.807) is 13.8 Å². The number of aliphatic hydroxyl groups is 1. The van der Waals surface area contributed by atoms with Crippen molar-refractivity contribution in [1.82, 2.24) is 0 Å². The molecule has 0 bridgehead atoms. The van der Waals surface area contributed by atoms with Gasteiger partial charge in [0.25, 0.3) is 0 Å². The fraction of sp³-hybridized carbons (Fsp3) is 1.00. The van der Waals surface area contributed by atoms with Crippen molar-refractivity contribution in [2.75, 3.05) is 0 Å². The standard InChI is InChI=1S/C4H10O2S/c1-3(5)6-4(2)7/h3-5,7H,1-2H3. The van der Waals surface area contributed by atoms with Crippen LogP contribution in [0.2, 0.25) is 0 Å². The number of thiol groups is 1. The van der Waals surface area contributed by atoms with Gasteiger partial charge in [-0.3, -0.25) is 0 Å². The highest BCUT2D eigenvalue weighted by Crippen LogP contribution is 1.96. The molecule has 1 N–H and O–H groups in total. The zero-order chi connectivity index (χ0) is 5.86. The number of aliphatic hydroxyl groups excluding tert-OH is 1. The van der Waals surface area contributed by atoms with Gasteiger partial charge in [-0.1, -0.05) is 0 Å². The molecule has 0 rings (SSSR count). The van der Waals surface area contributed by atoms with Crippen LogP contribution in [0.5, 0.6) is 0 Å². The van der Waals surface area contributed by atoms with E-state index >= 15 is 0 Å². The molecule has 0 aromatic carbocycles. The van der Waals surface area contributed by atoms with E-state index in [1.165, 1.54) is 0 Å². The molecular formula is C4H10O2S. The van der Waals surface area contributed by atoms with Crippen LogP contribution in [0.25, 0.3) is 0 Å². The van der Waals surface area contributed by atoms with Gasteiger partial charge in [0, 0.05) is 0 Å². The first-order chi connectivity index (χ1) is 3.13. The van der Waals surface area contributed by atoms with Crippen LogP contribution in [0.3, 0.4) is 0 Å². The Bertz CT molecular complexity index is 39.0. The average Bonchev–Trinajstić information content (AvgIpc) is 1.27. The Balaban J connectivity index is 2.95. The highest BCUT2D eigenvalue weighted by atomic mass is 32.1. The summed E-state index contributed by atoms with van der Waals surface area (Å²) in [4.78, 5) is 0. The summed E-state index contributed by atoms with van der Waals surface area (Å²) in [6.45, 7) is 3.29. The molecular weight excluding hydrogens is 112 g/mol. The quantitative estimate of drug-likeness (QED) is 0.415. The minimum atomic E-state index is -0.701. The number of hydrogen-bond donors (Lipinski definition) is 2. The van der Waals surface area contributed by atoms with Gasteiger partial charge in [0.1, 0.15) is 5.44 Å². The molecule has 0 aliphatic rings. The molecule has 7 heavy (non-hydrogen) atoms. The lowest BCUT2D eigenvalue weighted by Crippen LogP contribution is -2.10. The number of hydrogen-bond acceptors (Lipinski definition) is 3. The van der Waals surface area contributed by atoms with E-state index in [0.29, 0.717) is 0 Å². The van der Waals surface area contributed by atoms with Crippen LogP contribution in [0, 0.1) is 0 Å². The smallest absolute Gasteiger partial charge is 0.153 e. The highest BCUT2D eigenvalue weighted by Gasteiger charge is 1.96. The Morgan fingerprint density at radius 2 is 2.00 bits per heavy atom. The molecule has 0 heterocycles. The van der Waals surface area contributed by atoms with E-state index in [4.69, 9.17) is 5.11 Å². The zero-order valence-electron chi connectivity index (χ0n) is 4.46. The second kappa shape index (κ2) is 3.29. The van der Waals surface area contributed by atoms with Crippen LogP contribution in [0.1, 0.15) is 13.8 Å². The van der Waals surface area contributed by atoms with Crippen molar-refractivity contribution in [3.05, 3.63) is 0 Å². The van der Waals surface area contributed by atoms with Crippen LogP contribution < -0.4 is 0 Å². The van der Waals surface area contributed by atoms with Gasteiger partial charge >= 0.3 is 0 Å². The molecule has 0 saturated carbocycles. The normalized spacial score (nSPS) is 18.9. The van der Waals surface area contributed by atoms with E-state index in [2.05, 4.69) is 17.4 Å². The number of ether oxygens (including phenoxy) is 1. The van der Waals surface area contributed by atoms with Gasteiger partial charge in [0.05, 0.1) is 0 Å². The van der Waals surface area contributed by atoms with Gasteiger partial charge in [0.2, 0.25) is 0 Å². The van der Waals surface area contributed by atoms with Gasteiger partial charge in [0.15, 0.2) is 6.29 Å². The fourth-order valence-electron chi connectivity index (χ4n) is 0.285. The maximum Gasteiger partial charge on any atom is 0.153 e. The average molecular weight is 122 g/mol. The second-order valence-electron chi connectivity index (χ2n) is 1.33. The molecule has 3 heteroatoms. The van der Waals surface area contributed by atoms with Crippen molar-refractivity contribution in [3.8, 4) is 0 Å². The van der Waals surface area contributed by atoms with Crippen molar-refractivity contribution in [1.29, 1.82) is 0 Å². The Morgan fingerprint density at radius 3 is 2.00 bits per heavy atom. The summed E-state index contributed by atoms with van der Waals surface area (Å²) in [5.41, 5.74) is -0.181. The molecule has 0 aliphatic heterocycles. The van der Waals surface area contributed by atoms with Gasteiger partial charge in [-0.15, -0.1) is 12.6 Å². The van der Waals surface area contributed by atoms with Gasteiger partial charge in [-0.05, 0) is 13.8 Å². The Hall–Kier alpha value is 0.270. The summed E-state index contributed by atoms with van der Waals surface area (Å²) in [5, 5.41) is 8.45. The summed E-state index contributed by atoms with van der Waals surface area (Å²) in [6, 6.07) is 0. The predicted molar refractivity (Wildman–Crippen MR) is 31.2 cm³/mol. The maximum absolute atomic E-state index is 8.45. The van der Waals surface area contributed by atoms with E-state index in [9.17, 15) is 0 Å². The SMILES string of the molecule is CC(O)OC(C)S. The maximum atomic E-state index is 8.45. The van der Waals surface area contributed by atoms with Crippen molar-refractivity contribution >= 4 is 12.6 Å². The third-order valence-corrected chi connectivity index (χ3v) is 0.516. The molecule has 0 amide bonds. The monoisotopic (exact) mass is 122 g/mol. The van der Waals surface area contributed by atoms with Crippen LogP contribution in [-0.4, -0.2) is 16.8 Å². The highest BCUT2D eigenvalue weighted by molar-refractivity contribution is 7.80. The summed E-state index contributed by atoms with van der Waals surface area (Å²) in [6.07, 6.45) is -0.701. The summed E-state index contributed by atoms with van der Waals surface area (Å²) < 4.78 is 4.67. The van der Waals surface area contributed by atoms with Crippen molar-refractivity contribution in [2.45, 2.75) is 25.6 Å². The predicted octanol–water partition coefficient (Wildman–Crippen LogP) is 0.617. The van der Waals surface area contributed by atoms with Gasteiger partial charge in [-0.2, -0.15) is 0 Å². The first-order valence-electron chi connectivity index (χ1n) is 2.14. The summed E-state index contributed by atoms with van der Waals surface area (Å²) >= 11 is 3.86. The van der Waals surface area contributed by atoms with Crippen molar-refractivity contribution in [3.63, 3.8) is 0 Å². The second-order valence-corrected chi connectivity index (χ2v) is 2.06. The third kappa shape index (κ3) is 6.27. The Labute approximate surface area is 48.9 Å². The molecule has 2 unspecified atom stereocenters. The van der Waals surface area contributed by atoms with Crippen LogP contribution in [0.15, 0.2) is 0 Å². The molecule has 0 saturated heterocycles. The molecule has 2 nitrogen and oxygen atoms in total. The van der Waals surface area contributed by atoms with Gasteiger partial charge < -0.3 is 9.84 Å². The lowest BCUT2D eigenvalue weighted by atomic mass is 10.7. The summed E-state index contributed by atoms with van der Waals surface area (Å²) in [5.74, 6) is 0. The number of rotatable bonds is 2. The minimum absolute atomic E-state index is 0.181. The molecule has 44 valence electrons. The molecule has 0 aromatic rings. The third-order valence-electron chi connectivity index (χ3n) is 0.394. The summed E-state index contributed by atoms with van der Waals surface area (Å²) in [7, 11) is 0. The first kappa shape index (κ1) is 7.27. The Kier molecular flexibility index (Phi) is 3.42. The fourth-order valence-corrected chi connectivity index (χ4v) is 0.461. The van der Waals surface area contributed by atoms with E-state index < -0.39 is 6.29 Å². The topological polar surface area (TPSA) is 29.5 Å². The van der Waals surface area contributed by atoms with E-state index in [-0.39, 0.29) is 5.44 Å². The first-order valence-corrected chi connectivity index (χ1v) is 2.66. The van der Waals surface area contributed by atoms with Gasteiger partial charge in [-0.25, -0.2) is 0 Å². The zero-order valence-corrected chi connectivity index (χ0v) is 5.35. The molecule has 2 atom stereocenters. The van der Waals surface area contributed by atoms with Crippen LogP contribution >= 0.6 is 12.6 Å². The molecule has 0 radical (unpaired) electrons. The molecule has 0 aliphatic carbocycles. The molecule has 0 fully saturated rings.